The summed E-state index contributed by atoms with van der Waals surface area (Å²) in [5.74, 6) is -0.123. The molecule has 1 atom stereocenters. The summed E-state index contributed by atoms with van der Waals surface area (Å²) in [5.41, 5.74) is 0. The molecule has 0 aromatic rings. The van der Waals surface area contributed by atoms with Crippen LogP contribution in [0.25, 0.3) is 0 Å². The second-order valence-corrected chi connectivity index (χ2v) is 5.29. The van der Waals surface area contributed by atoms with Crippen molar-refractivity contribution in [2.75, 3.05) is 19.7 Å². The third-order valence-corrected chi connectivity index (χ3v) is 2.97. The highest BCUT2D eigenvalue weighted by molar-refractivity contribution is 5.69. The second kappa shape index (κ2) is 9.34. The maximum Gasteiger partial charge on any atom is 0.307 e. The lowest BCUT2D eigenvalue weighted by Crippen LogP contribution is -2.43. The molecule has 0 spiro atoms. The molecule has 0 radical (unpaired) electrons. The zero-order chi connectivity index (χ0) is 14.1. The standard InChI is InChI=1S/C14H30N2O2/c1-7-18-14(17)10-13(6)15-8-9-16(11(2)3)12(4)5/h11-13,15H,7-10H2,1-6H3. The molecule has 18 heavy (non-hydrogen) atoms. The summed E-state index contributed by atoms with van der Waals surface area (Å²) in [6.07, 6.45) is 0.442. The van der Waals surface area contributed by atoms with Crippen molar-refractivity contribution in [2.45, 2.75) is 66.1 Å². The lowest BCUT2D eigenvalue weighted by Gasteiger charge is -2.31. The van der Waals surface area contributed by atoms with E-state index in [0.29, 0.717) is 25.1 Å². The van der Waals surface area contributed by atoms with Gasteiger partial charge in [0.2, 0.25) is 0 Å². The van der Waals surface area contributed by atoms with Crippen molar-refractivity contribution < 1.29 is 9.53 Å². The number of hydrogen-bond acceptors (Lipinski definition) is 4. The van der Waals surface area contributed by atoms with Gasteiger partial charge in [0.25, 0.3) is 0 Å². The molecule has 108 valence electrons. The molecule has 0 heterocycles. The largest absolute Gasteiger partial charge is 0.466 e. The van der Waals surface area contributed by atoms with E-state index in [1.807, 2.05) is 13.8 Å². The number of rotatable bonds is 9. The number of nitrogens with zero attached hydrogens (tertiary/aromatic N) is 1. The summed E-state index contributed by atoms with van der Waals surface area (Å²) in [4.78, 5) is 13.7. The number of carbonyl (C=O) groups is 1. The number of nitrogens with one attached hydrogen (secondary N) is 1. The summed E-state index contributed by atoms with van der Waals surface area (Å²) in [6.45, 7) is 15.1. The fourth-order valence-electron chi connectivity index (χ4n) is 2.09. The molecule has 0 aliphatic carbocycles. The average Bonchev–Trinajstić information content (AvgIpc) is 2.23. The Kier molecular flexibility index (Phi) is 9.02. The Morgan fingerprint density at radius 2 is 1.72 bits per heavy atom. The molecule has 0 aliphatic rings. The molecule has 4 heteroatoms. The lowest BCUT2D eigenvalue weighted by atomic mass is 10.2. The fraction of sp³-hybridized carbons (Fsp3) is 0.929. The summed E-state index contributed by atoms with van der Waals surface area (Å²) >= 11 is 0. The Balaban J connectivity index is 3.85. The Labute approximate surface area is 112 Å². The predicted octanol–water partition coefficient (Wildman–Crippen LogP) is 2.04. The molecule has 0 fully saturated rings. The van der Waals surface area contributed by atoms with Gasteiger partial charge in [0.1, 0.15) is 0 Å². The van der Waals surface area contributed by atoms with Gasteiger partial charge >= 0.3 is 5.97 Å². The van der Waals surface area contributed by atoms with Gasteiger partial charge in [0.15, 0.2) is 0 Å². The Bertz CT molecular complexity index is 222. The zero-order valence-electron chi connectivity index (χ0n) is 12.8. The van der Waals surface area contributed by atoms with Crippen LogP contribution in [-0.2, 0) is 9.53 Å². The molecule has 0 aliphatic heterocycles. The van der Waals surface area contributed by atoms with E-state index in [4.69, 9.17) is 4.74 Å². The average molecular weight is 258 g/mol. The minimum absolute atomic E-state index is 0.123. The van der Waals surface area contributed by atoms with E-state index in [1.165, 1.54) is 0 Å². The van der Waals surface area contributed by atoms with Crippen LogP contribution >= 0.6 is 0 Å². The van der Waals surface area contributed by atoms with E-state index in [9.17, 15) is 4.79 Å². The van der Waals surface area contributed by atoms with Gasteiger partial charge in [-0.1, -0.05) is 0 Å². The molecular weight excluding hydrogens is 228 g/mol. The first-order valence-electron chi connectivity index (χ1n) is 7.03. The Morgan fingerprint density at radius 3 is 2.17 bits per heavy atom. The highest BCUT2D eigenvalue weighted by Crippen LogP contribution is 2.03. The first kappa shape index (κ1) is 17.4. The van der Waals surface area contributed by atoms with Gasteiger partial charge in [-0.2, -0.15) is 0 Å². The predicted molar refractivity (Wildman–Crippen MR) is 75.7 cm³/mol. The highest BCUT2D eigenvalue weighted by atomic mass is 16.5. The Morgan fingerprint density at radius 1 is 1.17 bits per heavy atom. The SMILES string of the molecule is CCOC(=O)CC(C)NCCN(C(C)C)C(C)C. The van der Waals surface area contributed by atoms with E-state index in [1.54, 1.807) is 0 Å². The highest BCUT2D eigenvalue weighted by Gasteiger charge is 2.14. The van der Waals surface area contributed by atoms with Crippen molar-refractivity contribution in [2.24, 2.45) is 0 Å². The van der Waals surface area contributed by atoms with Crippen molar-refractivity contribution in [3.05, 3.63) is 0 Å². The van der Waals surface area contributed by atoms with Crippen LogP contribution in [0.15, 0.2) is 0 Å². The topological polar surface area (TPSA) is 41.6 Å². The smallest absolute Gasteiger partial charge is 0.307 e. The van der Waals surface area contributed by atoms with E-state index in [0.717, 1.165) is 13.1 Å². The molecule has 0 aromatic heterocycles. The van der Waals surface area contributed by atoms with Gasteiger partial charge < -0.3 is 10.1 Å². The van der Waals surface area contributed by atoms with Crippen LogP contribution in [0.2, 0.25) is 0 Å². The van der Waals surface area contributed by atoms with E-state index in [-0.39, 0.29) is 12.0 Å². The minimum atomic E-state index is -0.123. The van der Waals surface area contributed by atoms with Crippen LogP contribution in [0.4, 0.5) is 0 Å². The van der Waals surface area contributed by atoms with Crippen molar-refractivity contribution in [1.82, 2.24) is 10.2 Å². The fourth-order valence-corrected chi connectivity index (χ4v) is 2.09. The molecular formula is C14H30N2O2. The number of esters is 1. The molecule has 0 amide bonds. The van der Waals surface area contributed by atoms with Crippen molar-refractivity contribution >= 4 is 5.97 Å². The third-order valence-electron chi connectivity index (χ3n) is 2.97. The number of hydrogen-bond donors (Lipinski definition) is 1. The van der Waals surface area contributed by atoms with Crippen molar-refractivity contribution in [3.8, 4) is 0 Å². The second-order valence-electron chi connectivity index (χ2n) is 5.29. The number of carbonyl (C=O) groups excluding carboxylic acids is 1. The minimum Gasteiger partial charge on any atom is -0.466 e. The number of ether oxygens (including phenoxy) is 1. The van der Waals surface area contributed by atoms with Crippen LogP contribution in [0.5, 0.6) is 0 Å². The van der Waals surface area contributed by atoms with Gasteiger partial charge in [-0.25, -0.2) is 0 Å². The third kappa shape index (κ3) is 7.67. The Hall–Kier alpha value is -0.610. The maximum atomic E-state index is 11.3. The van der Waals surface area contributed by atoms with Crippen LogP contribution in [-0.4, -0.2) is 48.7 Å². The molecule has 0 aromatic carbocycles. The molecule has 0 bridgehead atoms. The molecule has 0 saturated carbocycles. The maximum absolute atomic E-state index is 11.3. The summed E-state index contributed by atoms with van der Waals surface area (Å²) in [7, 11) is 0. The summed E-state index contributed by atoms with van der Waals surface area (Å²) in [5, 5.41) is 3.37. The molecule has 1 unspecified atom stereocenters. The van der Waals surface area contributed by atoms with Gasteiger partial charge in [-0.15, -0.1) is 0 Å². The van der Waals surface area contributed by atoms with E-state index < -0.39 is 0 Å². The quantitative estimate of drug-likeness (QED) is 0.643. The van der Waals surface area contributed by atoms with Crippen LogP contribution in [0.1, 0.15) is 48.0 Å². The molecule has 4 nitrogen and oxygen atoms in total. The van der Waals surface area contributed by atoms with Gasteiger partial charge in [-0.3, -0.25) is 9.69 Å². The van der Waals surface area contributed by atoms with E-state index in [2.05, 4.69) is 37.9 Å². The molecule has 0 rings (SSSR count). The molecule has 0 saturated heterocycles. The molecule has 1 N–H and O–H groups in total. The van der Waals surface area contributed by atoms with Gasteiger partial charge in [0, 0.05) is 31.2 Å². The van der Waals surface area contributed by atoms with Crippen LogP contribution < -0.4 is 5.32 Å². The first-order valence-corrected chi connectivity index (χ1v) is 7.03. The lowest BCUT2D eigenvalue weighted by molar-refractivity contribution is -0.143. The van der Waals surface area contributed by atoms with Gasteiger partial charge in [0.05, 0.1) is 13.0 Å². The normalized spacial score (nSPS) is 13.4. The summed E-state index contributed by atoms with van der Waals surface area (Å²) < 4.78 is 4.93. The van der Waals surface area contributed by atoms with Crippen molar-refractivity contribution in [3.63, 3.8) is 0 Å². The van der Waals surface area contributed by atoms with Crippen molar-refractivity contribution in [1.29, 1.82) is 0 Å². The van der Waals surface area contributed by atoms with Crippen LogP contribution in [0, 0.1) is 0 Å². The van der Waals surface area contributed by atoms with Crippen LogP contribution in [0.3, 0.4) is 0 Å². The van der Waals surface area contributed by atoms with E-state index >= 15 is 0 Å². The van der Waals surface area contributed by atoms with Gasteiger partial charge in [-0.05, 0) is 41.5 Å². The zero-order valence-corrected chi connectivity index (χ0v) is 12.8. The first-order chi connectivity index (χ1) is 8.38. The summed E-state index contributed by atoms with van der Waals surface area (Å²) in [6, 6.07) is 1.27. The monoisotopic (exact) mass is 258 g/mol.